The monoisotopic (exact) mass is 273 g/mol. The predicted octanol–water partition coefficient (Wildman–Crippen LogP) is 2.96. The minimum Gasteiger partial charge on any atom is -0.492 e. The van der Waals surface area contributed by atoms with Gasteiger partial charge in [-0.15, -0.1) is 11.3 Å². The summed E-state index contributed by atoms with van der Waals surface area (Å²) in [5.41, 5.74) is 0. The molecule has 98 valence electrons. The van der Waals surface area contributed by atoms with Crippen molar-refractivity contribution in [2.75, 3.05) is 13.2 Å². The summed E-state index contributed by atoms with van der Waals surface area (Å²) in [6.07, 6.45) is 3.34. The summed E-state index contributed by atoms with van der Waals surface area (Å²) in [6.45, 7) is 0.950. The number of carbonyl (C=O) groups is 1. The number of amides is 1. The van der Waals surface area contributed by atoms with Crippen molar-refractivity contribution in [1.29, 1.82) is 0 Å². The number of para-hydroxylation sites is 1. The Kier molecular flexibility index (Phi) is 5.19. The van der Waals surface area contributed by atoms with Crippen molar-refractivity contribution < 1.29 is 9.53 Å². The minimum absolute atomic E-state index is 0.106. The van der Waals surface area contributed by atoms with Gasteiger partial charge in [-0.2, -0.15) is 0 Å². The molecule has 0 radical (unpaired) electrons. The van der Waals surface area contributed by atoms with E-state index >= 15 is 0 Å². The molecule has 0 aliphatic heterocycles. The second-order valence-electron chi connectivity index (χ2n) is 3.80. The second kappa shape index (κ2) is 7.38. The molecule has 0 aliphatic carbocycles. The molecule has 0 aliphatic rings. The maximum atomic E-state index is 11.5. The molecule has 1 aromatic carbocycles. The van der Waals surface area contributed by atoms with Crippen molar-refractivity contribution in [2.45, 2.75) is 0 Å². The lowest BCUT2D eigenvalue weighted by Gasteiger charge is -2.05. The molecule has 1 heterocycles. The molecule has 0 saturated heterocycles. The van der Waals surface area contributed by atoms with Crippen LogP contribution in [-0.4, -0.2) is 19.1 Å². The van der Waals surface area contributed by atoms with Gasteiger partial charge in [-0.05, 0) is 29.7 Å². The molecule has 0 unspecified atom stereocenters. The molecule has 1 aromatic heterocycles. The number of ether oxygens (including phenoxy) is 1. The van der Waals surface area contributed by atoms with Crippen molar-refractivity contribution in [2.24, 2.45) is 0 Å². The van der Waals surface area contributed by atoms with Gasteiger partial charge in [0, 0.05) is 11.0 Å². The number of carbonyl (C=O) groups excluding carboxylic acids is 1. The van der Waals surface area contributed by atoms with Crippen LogP contribution in [0.3, 0.4) is 0 Å². The van der Waals surface area contributed by atoms with Gasteiger partial charge < -0.3 is 10.1 Å². The first-order chi connectivity index (χ1) is 9.34. The van der Waals surface area contributed by atoms with Gasteiger partial charge in [0.05, 0.1) is 6.54 Å². The molecule has 1 N–H and O–H groups in total. The molecule has 3 nitrogen and oxygen atoms in total. The van der Waals surface area contributed by atoms with Crippen LogP contribution in [0.5, 0.6) is 5.75 Å². The Labute approximate surface area is 116 Å². The van der Waals surface area contributed by atoms with Crippen molar-refractivity contribution in [3.63, 3.8) is 0 Å². The van der Waals surface area contributed by atoms with E-state index in [-0.39, 0.29) is 5.91 Å². The van der Waals surface area contributed by atoms with Crippen LogP contribution in [0.25, 0.3) is 6.08 Å². The van der Waals surface area contributed by atoms with Gasteiger partial charge in [0.15, 0.2) is 0 Å². The molecule has 2 rings (SSSR count). The lowest BCUT2D eigenvalue weighted by atomic mass is 10.3. The molecular formula is C15H15NO2S. The summed E-state index contributed by atoms with van der Waals surface area (Å²) < 4.78 is 5.47. The summed E-state index contributed by atoms with van der Waals surface area (Å²) in [5, 5.41) is 4.75. The largest absolute Gasteiger partial charge is 0.492 e. The van der Waals surface area contributed by atoms with Crippen molar-refractivity contribution in [3.05, 3.63) is 58.8 Å². The van der Waals surface area contributed by atoms with E-state index < -0.39 is 0 Å². The third-order valence-corrected chi connectivity index (χ3v) is 3.19. The van der Waals surface area contributed by atoms with Crippen LogP contribution in [0.15, 0.2) is 53.9 Å². The summed E-state index contributed by atoms with van der Waals surface area (Å²) in [4.78, 5) is 12.6. The van der Waals surface area contributed by atoms with Crippen LogP contribution in [0.1, 0.15) is 4.88 Å². The molecule has 0 saturated carbocycles. The Morgan fingerprint density at radius 2 is 2.05 bits per heavy atom. The molecule has 1 amide bonds. The van der Waals surface area contributed by atoms with Gasteiger partial charge in [-0.3, -0.25) is 4.79 Å². The molecule has 0 atom stereocenters. The van der Waals surface area contributed by atoms with E-state index in [1.165, 1.54) is 6.08 Å². The van der Waals surface area contributed by atoms with Gasteiger partial charge in [-0.1, -0.05) is 24.3 Å². The van der Waals surface area contributed by atoms with Crippen LogP contribution in [0, 0.1) is 0 Å². The summed E-state index contributed by atoms with van der Waals surface area (Å²) in [7, 11) is 0. The van der Waals surface area contributed by atoms with Crippen LogP contribution >= 0.6 is 11.3 Å². The summed E-state index contributed by atoms with van der Waals surface area (Å²) in [6, 6.07) is 13.5. The highest BCUT2D eigenvalue weighted by atomic mass is 32.1. The van der Waals surface area contributed by atoms with Crippen molar-refractivity contribution in [1.82, 2.24) is 5.32 Å². The van der Waals surface area contributed by atoms with E-state index in [1.807, 2.05) is 47.8 Å². The van der Waals surface area contributed by atoms with Gasteiger partial charge >= 0.3 is 0 Å². The number of thiophene rings is 1. The zero-order valence-corrected chi connectivity index (χ0v) is 11.2. The van der Waals surface area contributed by atoms with Crippen LogP contribution < -0.4 is 10.1 Å². The average molecular weight is 273 g/mol. The standard InChI is InChI=1S/C15H15NO2S/c17-15(9-8-14-7-4-12-19-14)16-10-11-18-13-5-2-1-3-6-13/h1-9,12H,10-11H2,(H,16,17)/b9-8+. The van der Waals surface area contributed by atoms with Gasteiger partial charge in [0.1, 0.15) is 12.4 Å². The first kappa shape index (κ1) is 13.4. The van der Waals surface area contributed by atoms with Gasteiger partial charge in [-0.25, -0.2) is 0 Å². The Balaban J connectivity index is 1.64. The van der Waals surface area contributed by atoms with Crippen molar-refractivity contribution in [3.8, 4) is 5.75 Å². The normalized spacial score (nSPS) is 10.5. The lowest BCUT2D eigenvalue weighted by Crippen LogP contribution is -2.26. The Hall–Kier alpha value is -2.07. The predicted molar refractivity (Wildman–Crippen MR) is 78.3 cm³/mol. The molecule has 0 fully saturated rings. The fourth-order valence-corrected chi connectivity index (χ4v) is 2.08. The summed E-state index contributed by atoms with van der Waals surface area (Å²) >= 11 is 1.60. The zero-order valence-electron chi connectivity index (χ0n) is 10.4. The average Bonchev–Trinajstić information content (AvgIpc) is 2.96. The van der Waals surface area contributed by atoms with Crippen LogP contribution in [-0.2, 0) is 4.79 Å². The van der Waals surface area contributed by atoms with Crippen LogP contribution in [0.2, 0.25) is 0 Å². The van der Waals surface area contributed by atoms with Crippen molar-refractivity contribution >= 4 is 23.3 Å². The number of benzene rings is 1. The fourth-order valence-electron chi connectivity index (χ4n) is 1.46. The first-order valence-electron chi connectivity index (χ1n) is 6.02. The second-order valence-corrected chi connectivity index (χ2v) is 4.78. The van der Waals surface area contributed by atoms with Crippen LogP contribution in [0.4, 0.5) is 0 Å². The highest BCUT2D eigenvalue weighted by Gasteiger charge is 1.96. The highest BCUT2D eigenvalue weighted by Crippen LogP contribution is 2.10. The quantitative estimate of drug-likeness (QED) is 0.649. The number of hydrogen-bond donors (Lipinski definition) is 1. The summed E-state index contributed by atoms with van der Waals surface area (Å²) in [5.74, 6) is 0.705. The molecular weight excluding hydrogens is 258 g/mol. The van der Waals surface area contributed by atoms with E-state index in [9.17, 15) is 4.79 Å². The molecule has 2 aromatic rings. The van der Waals surface area contributed by atoms with E-state index in [0.29, 0.717) is 13.2 Å². The molecule has 0 spiro atoms. The van der Waals surface area contributed by atoms with E-state index in [1.54, 1.807) is 17.4 Å². The first-order valence-corrected chi connectivity index (χ1v) is 6.90. The molecule has 0 bridgehead atoms. The topological polar surface area (TPSA) is 38.3 Å². The third kappa shape index (κ3) is 4.97. The maximum absolute atomic E-state index is 11.5. The van der Waals surface area contributed by atoms with Gasteiger partial charge in [0.25, 0.3) is 0 Å². The lowest BCUT2D eigenvalue weighted by molar-refractivity contribution is -0.116. The third-order valence-electron chi connectivity index (χ3n) is 2.36. The zero-order chi connectivity index (χ0) is 13.3. The Morgan fingerprint density at radius 1 is 1.21 bits per heavy atom. The number of rotatable bonds is 6. The van der Waals surface area contributed by atoms with E-state index in [2.05, 4.69) is 5.32 Å². The molecule has 4 heteroatoms. The smallest absolute Gasteiger partial charge is 0.244 e. The minimum atomic E-state index is -0.106. The number of nitrogens with one attached hydrogen (secondary N) is 1. The SMILES string of the molecule is O=C(/C=C/c1cccs1)NCCOc1ccccc1. The maximum Gasteiger partial charge on any atom is 0.244 e. The number of hydrogen-bond acceptors (Lipinski definition) is 3. The molecule has 19 heavy (non-hydrogen) atoms. The Bertz CT molecular complexity index is 520. The fraction of sp³-hybridized carbons (Fsp3) is 0.133. The van der Waals surface area contributed by atoms with E-state index in [4.69, 9.17) is 4.74 Å². The van der Waals surface area contributed by atoms with Gasteiger partial charge in [0.2, 0.25) is 5.91 Å². The highest BCUT2D eigenvalue weighted by molar-refractivity contribution is 7.10. The van der Waals surface area contributed by atoms with E-state index in [0.717, 1.165) is 10.6 Å². The Morgan fingerprint density at radius 3 is 2.79 bits per heavy atom.